The van der Waals surface area contributed by atoms with Crippen molar-refractivity contribution in [1.29, 1.82) is 0 Å². The van der Waals surface area contributed by atoms with Gasteiger partial charge in [0.15, 0.2) is 0 Å². The number of nitrogens with one attached hydrogen (secondary N) is 1. The number of benzene rings is 2. The van der Waals surface area contributed by atoms with Crippen molar-refractivity contribution in [3.8, 4) is 5.75 Å². The molecule has 3 aromatic rings. The minimum Gasteiger partial charge on any atom is -0.488 e. The zero-order chi connectivity index (χ0) is 18.5. The summed E-state index contributed by atoms with van der Waals surface area (Å²) in [6, 6.07) is 17.1. The molecule has 1 N–H and O–H groups in total. The summed E-state index contributed by atoms with van der Waals surface area (Å²) in [5.74, 6) is 0.683. The average molecular weight is 414 g/mol. The molecule has 0 unspecified atom stereocenters. The highest BCUT2D eigenvalue weighted by molar-refractivity contribution is 9.10. The Balaban J connectivity index is 1.56. The van der Waals surface area contributed by atoms with Crippen LogP contribution in [0.25, 0.3) is 0 Å². The number of hydrogen-bond donors (Lipinski definition) is 1. The van der Waals surface area contributed by atoms with Crippen molar-refractivity contribution in [2.75, 3.05) is 0 Å². The van der Waals surface area contributed by atoms with Crippen molar-refractivity contribution in [2.24, 2.45) is 7.05 Å². The lowest BCUT2D eigenvalue weighted by Gasteiger charge is -2.09. The second kappa shape index (κ2) is 8.19. The molecule has 134 valence electrons. The number of nitrogens with zero attached hydrogens (tertiary/aromatic N) is 2. The van der Waals surface area contributed by atoms with E-state index in [2.05, 4.69) is 26.3 Å². The van der Waals surface area contributed by atoms with Gasteiger partial charge in [-0.1, -0.05) is 24.3 Å². The molecule has 0 aliphatic carbocycles. The smallest absolute Gasteiger partial charge is 0.251 e. The average Bonchev–Trinajstić information content (AvgIpc) is 2.97. The minimum absolute atomic E-state index is 0.109. The Morgan fingerprint density at radius 3 is 2.58 bits per heavy atom. The van der Waals surface area contributed by atoms with Gasteiger partial charge in [0, 0.05) is 12.6 Å². The fourth-order valence-corrected chi connectivity index (χ4v) is 2.98. The van der Waals surface area contributed by atoms with Crippen molar-refractivity contribution in [3.05, 3.63) is 81.6 Å². The summed E-state index contributed by atoms with van der Waals surface area (Å²) in [7, 11) is 1.87. The van der Waals surface area contributed by atoms with E-state index in [1.165, 1.54) is 0 Å². The van der Waals surface area contributed by atoms with Crippen molar-refractivity contribution < 1.29 is 9.53 Å². The van der Waals surface area contributed by atoms with Crippen LogP contribution in [0.3, 0.4) is 0 Å². The summed E-state index contributed by atoms with van der Waals surface area (Å²) in [5, 5.41) is 7.19. The standard InChI is InChI=1S/C20H20BrN3O2/c1-14-11-17(24(2)23-14)12-22-20(25)16-9-7-15(8-10-16)13-26-19-6-4-3-5-18(19)21/h3-11H,12-13H2,1-2H3,(H,22,25). The lowest BCUT2D eigenvalue weighted by Crippen LogP contribution is -2.24. The van der Waals surface area contributed by atoms with Gasteiger partial charge in [0.1, 0.15) is 12.4 Å². The van der Waals surface area contributed by atoms with E-state index in [-0.39, 0.29) is 5.91 Å². The largest absolute Gasteiger partial charge is 0.488 e. The molecule has 0 aliphatic heterocycles. The molecule has 0 aliphatic rings. The number of amides is 1. The van der Waals surface area contributed by atoms with Crippen molar-refractivity contribution >= 4 is 21.8 Å². The Morgan fingerprint density at radius 1 is 1.19 bits per heavy atom. The molecule has 26 heavy (non-hydrogen) atoms. The Labute approximate surface area is 161 Å². The van der Waals surface area contributed by atoms with Crippen molar-refractivity contribution in [2.45, 2.75) is 20.1 Å². The first-order valence-electron chi connectivity index (χ1n) is 8.27. The number of carbonyl (C=O) groups is 1. The lowest BCUT2D eigenvalue weighted by atomic mass is 10.1. The van der Waals surface area contributed by atoms with Gasteiger partial charge >= 0.3 is 0 Å². The summed E-state index contributed by atoms with van der Waals surface area (Å²) in [6.45, 7) is 2.82. The summed E-state index contributed by atoms with van der Waals surface area (Å²) in [6.07, 6.45) is 0. The molecule has 0 bridgehead atoms. The topological polar surface area (TPSA) is 56.1 Å². The third kappa shape index (κ3) is 4.52. The number of hydrogen-bond acceptors (Lipinski definition) is 3. The summed E-state index contributed by atoms with van der Waals surface area (Å²) in [5.41, 5.74) is 3.52. The van der Waals surface area contributed by atoms with Crippen LogP contribution in [0.4, 0.5) is 0 Å². The summed E-state index contributed by atoms with van der Waals surface area (Å²) < 4.78 is 8.48. The molecule has 3 rings (SSSR count). The molecule has 1 aromatic heterocycles. The van der Waals surface area contributed by atoms with E-state index in [1.807, 2.05) is 68.6 Å². The second-order valence-corrected chi connectivity index (χ2v) is 6.85. The van der Waals surface area contributed by atoms with E-state index in [0.717, 1.165) is 27.2 Å². The van der Waals surface area contributed by atoms with Crippen LogP contribution in [-0.2, 0) is 20.2 Å². The van der Waals surface area contributed by atoms with Crippen LogP contribution >= 0.6 is 15.9 Å². The van der Waals surface area contributed by atoms with E-state index < -0.39 is 0 Å². The number of aromatic nitrogens is 2. The third-order valence-electron chi connectivity index (χ3n) is 3.98. The Hall–Kier alpha value is -2.60. The highest BCUT2D eigenvalue weighted by Gasteiger charge is 2.08. The molecule has 0 saturated heterocycles. The van der Waals surface area contributed by atoms with E-state index in [0.29, 0.717) is 18.7 Å². The number of para-hydroxylation sites is 1. The maximum Gasteiger partial charge on any atom is 0.251 e. The van der Waals surface area contributed by atoms with Gasteiger partial charge in [-0.3, -0.25) is 9.48 Å². The van der Waals surface area contributed by atoms with Crippen LogP contribution < -0.4 is 10.1 Å². The predicted molar refractivity (Wildman–Crippen MR) is 104 cm³/mol. The van der Waals surface area contributed by atoms with Crippen LogP contribution in [0.15, 0.2) is 59.1 Å². The fraction of sp³-hybridized carbons (Fsp3) is 0.200. The first kappa shape index (κ1) is 18.2. The highest BCUT2D eigenvalue weighted by atomic mass is 79.9. The van der Waals surface area contributed by atoms with Crippen LogP contribution in [0.5, 0.6) is 5.75 Å². The van der Waals surface area contributed by atoms with Gasteiger partial charge in [0.05, 0.1) is 22.4 Å². The van der Waals surface area contributed by atoms with Gasteiger partial charge in [0.25, 0.3) is 5.91 Å². The number of carbonyl (C=O) groups excluding carboxylic acids is 1. The molecule has 2 aromatic carbocycles. The molecular weight excluding hydrogens is 394 g/mol. The quantitative estimate of drug-likeness (QED) is 0.664. The number of aryl methyl sites for hydroxylation is 2. The van der Waals surface area contributed by atoms with Gasteiger partial charge in [-0.05, 0) is 58.7 Å². The number of ether oxygens (including phenoxy) is 1. The van der Waals surface area contributed by atoms with Gasteiger partial charge in [0.2, 0.25) is 0 Å². The van der Waals surface area contributed by atoms with E-state index in [9.17, 15) is 4.79 Å². The monoisotopic (exact) mass is 413 g/mol. The van der Waals surface area contributed by atoms with Crippen LogP contribution in [0.1, 0.15) is 27.3 Å². The molecule has 5 nitrogen and oxygen atoms in total. The van der Waals surface area contributed by atoms with Gasteiger partial charge in [-0.2, -0.15) is 5.10 Å². The Morgan fingerprint density at radius 2 is 1.92 bits per heavy atom. The van der Waals surface area contributed by atoms with Crippen LogP contribution in [0, 0.1) is 6.92 Å². The van der Waals surface area contributed by atoms with Crippen molar-refractivity contribution in [1.82, 2.24) is 15.1 Å². The van der Waals surface area contributed by atoms with Crippen LogP contribution in [0.2, 0.25) is 0 Å². The van der Waals surface area contributed by atoms with E-state index >= 15 is 0 Å². The Bertz CT molecular complexity index is 904. The van der Waals surface area contributed by atoms with Gasteiger partial charge < -0.3 is 10.1 Å². The van der Waals surface area contributed by atoms with Crippen molar-refractivity contribution in [3.63, 3.8) is 0 Å². The zero-order valence-electron chi connectivity index (χ0n) is 14.7. The molecule has 0 radical (unpaired) electrons. The normalized spacial score (nSPS) is 10.6. The first-order chi connectivity index (χ1) is 12.5. The van der Waals surface area contributed by atoms with Gasteiger partial charge in [-0.25, -0.2) is 0 Å². The summed E-state index contributed by atoms with van der Waals surface area (Å²) in [4.78, 5) is 12.3. The maximum absolute atomic E-state index is 12.3. The molecular formula is C20H20BrN3O2. The number of rotatable bonds is 6. The Kier molecular flexibility index (Phi) is 5.73. The molecule has 0 spiro atoms. The molecule has 1 amide bonds. The van der Waals surface area contributed by atoms with Crippen LogP contribution in [-0.4, -0.2) is 15.7 Å². The van der Waals surface area contributed by atoms with E-state index in [1.54, 1.807) is 4.68 Å². The molecule has 6 heteroatoms. The number of halogens is 1. The third-order valence-corrected chi connectivity index (χ3v) is 4.63. The highest BCUT2D eigenvalue weighted by Crippen LogP contribution is 2.24. The van der Waals surface area contributed by atoms with Gasteiger partial charge in [-0.15, -0.1) is 0 Å². The molecule has 1 heterocycles. The maximum atomic E-state index is 12.3. The second-order valence-electron chi connectivity index (χ2n) is 6.00. The first-order valence-corrected chi connectivity index (χ1v) is 9.06. The molecule has 0 saturated carbocycles. The fourth-order valence-electron chi connectivity index (χ4n) is 2.58. The predicted octanol–water partition coefficient (Wildman–Crippen LogP) is 4.00. The van der Waals surface area contributed by atoms with E-state index in [4.69, 9.17) is 4.74 Å². The SMILES string of the molecule is Cc1cc(CNC(=O)c2ccc(COc3ccccc3Br)cc2)n(C)n1. The minimum atomic E-state index is -0.109. The lowest BCUT2D eigenvalue weighted by molar-refractivity contribution is 0.0950. The zero-order valence-corrected chi connectivity index (χ0v) is 16.3. The molecule has 0 fully saturated rings. The summed E-state index contributed by atoms with van der Waals surface area (Å²) >= 11 is 3.46. The molecule has 0 atom stereocenters.